The predicted molar refractivity (Wildman–Crippen MR) is 66.7 cm³/mol. The standard InChI is InChI=1S/C15H20O/c1-10-13(9-14(10)16)11-5-7-12(8-6-11)15(2,3)4/h5-8,10,13H,9H2,1-4H3. The number of ketones is 1. The SMILES string of the molecule is CC1C(=O)CC1c1ccc(C(C)(C)C)cc1. The van der Waals surface area contributed by atoms with Crippen molar-refractivity contribution in [3.8, 4) is 0 Å². The van der Waals surface area contributed by atoms with Gasteiger partial charge >= 0.3 is 0 Å². The molecule has 1 aliphatic carbocycles. The van der Waals surface area contributed by atoms with E-state index in [-0.39, 0.29) is 11.3 Å². The Balaban J connectivity index is 2.18. The van der Waals surface area contributed by atoms with Gasteiger partial charge in [0.15, 0.2) is 0 Å². The quantitative estimate of drug-likeness (QED) is 0.700. The summed E-state index contributed by atoms with van der Waals surface area (Å²) >= 11 is 0. The molecule has 86 valence electrons. The summed E-state index contributed by atoms with van der Waals surface area (Å²) in [4.78, 5) is 11.2. The molecular formula is C15H20O. The highest BCUT2D eigenvalue weighted by atomic mass is 16.1. The van der Waals surface area contributed by atoms with Crippen molar-refractivity contribution < 1.29 is 4.79 Å². The maximum absolute atomic E-state index is 11.2. The highest BCUT2D eigenvalue weighted by molar-refractivity contribution is 5.88. The molecule has 1 saturated carbocycles. The Morgan fingerprint density at radius 3 is 2.06 bits per heavy atom. The monoisotopic (exact) mass is 216 g/mol. The number of carbonyl (C=O) groups excluding carboxylic acids is 1. The van der Waals surface area contributed by atoms with Crippen LogP contribution < -0.4 is 0 Å². The average Bonchev–Trinajstić information content (AvgIpc) is 2.24. The maximum atomic E-state index is 11.2. The minimum atomic E-state index is 0.208. The Morgan fingerprint density at radius 1 is 1.12 bits per heavy atom. The summed E-state index contributed by atoms with van der Waals surface area (Å²) in [6.45, 7) is 8.70. The van der Waals surface area contributed by atoms with E-state index in [9.17, 15) is 4.79 Å². The van der Waals surface area contributed by atoms with Crippen molar-refractivity contribution in [2.24, 2.45) is 5.92 Å². The van der Waals surface area contributed by atoms with Crippen molar-refractivity contribution in [2.75, 3.05) is 0 Å². The van der Waals surface area contributed by atoms with Crippen LogP contribution in [0.25, 0.3) is 0 Å². The molecule has 0 aliphatic heterocycles. The first kappa shape index (κ1) is 11.4. The second-order valence-corrected chi connectivity index (χ2v) is 5.94. The Hall–Kier alpha value is -1.11. The van der Waals surface area contributed by atoms with Crippen molar-refractivity contribution in [3.05, 3.63) is 35.4 Å². The fourth-order valence-electron chi connectivity index (χ4n) is 2.28. The fraction of sp³-hybridized carbons (Fsp3) is 0.533. The summed E-state index contributed by atoms with van der Waals surface area (Å²) in [5.41, 5.74) is 2.88. The van der Waals surface area contributed by atoms with Crippen molar-refractivity contribution in [3.63, 3.8) is 0 Å². The van der Waals surface area contributed by atoms with Gasteiger partial charge in [0.05, 0.1) is 0 Å². The first-order valence-electron chi connectivity index (χ1n) is 6.03. The van der Waals surface area contributed by atoms with Crippen LogP contribution >= 0.6 is 0 Å². The van der Waals surface area contributed by atoms with Crippen molar-refractivity contribution in [2.45, 2.75) is 45.4 Å². The summed E-state index contributed by atoms with van der Waals surface area (Å²) in [7, 11) is 0. The molecule has 0 heterocycles. The lowest BCUT2D eigenvalue weighted by atomic mass is 9.69. The van der Waals surface area contributed by atoms with Gasteiger partial charge in [-0.05, 0) is 16.5 Å². The molecule has 1 nitrogen and oxygen atoms in total. The lowest BCUT2D eigenvalue weighted by Crippen LogP contribution is -2.32. The van der Waals surface area contributed by atoms with Gasteiger partial charge in [0.25, 0.3) is 0 Å². The molecule has 1 aliphatic rings. The van der Waals surface area contributed by atoms with E-state index >= 15 is 0 Å². The summed E-state index contributed by atoms with van der Waals surface area (Å²) < 4.78 is 0. The van der Waals surface area contributed by atoms with E-state index in [1.807, 2.05) is 6.92 Å². The van der Waals surface area contributed by atoms with Crippen molar-refractivity contribution in [1.29, 1.82) is 0 Å². The minimum absolute atomic E-state index is 0.208. The van der Waals surface area contributed by atoms with Gasteiger partial charge < -0.3 is 0 Å². The lowest BCUT2D eigenvalue weighted by Gasteiger charge is -2.33. The number of rotatable bonds is 1. The van der Waals surface area contributed by atoms with Crippen molar-refractivity contribution >= 4 is 5.78 Å². The molecule has 0 bridgehead atoms. The largest absolute Gasteiger partial charge is 0.299 e. The van der Waals surface area contributed by atoms with E-state index in [4.69, 9.17) is 0 Å². The first-order valence-corrected chi connectivity index (χ1v) is 6.03. The van der Waals surface area contributed by atoms with E-state index in [0.29, 0.717) is 11.7 Å². The zero-order chi connectivity index (χ0) is 11.9. The van der Waals surface area contributed by atoms with Gasteiger partial charge in [-0.3, -0.25) is 4.79 Å². The lowest BCUT2D eigenvalue weighted by molar-refractivity contribution is -0.130. The highest BCUT2D eigenvalue weighted by Gasteiger charge is 2.36. The summed E-state index contributed by atoms with van der Waals surface area (Å²) in [6.07, 6.45) is 0.732. The van der Waals surface area contributed by atoms with Crippen LogP contribution in [0.5, 0.6) is 0 Å². The van der Waals surface area contributed by atoms with Gasteiger partial charge in [-0.15, -0.1) is 0 Å². The molecule has 2 rings (SSSR count). The van der Waals surface area contributed by atoms with Crippen LogP contribution in [0.1, 0.15) is 51.2 Å². The Morgan fingerprint density at radius 2 is 1.69 bits per heavy atom. The summed E-state index contributed by atoms with van der Waals surface area (Å²) in [5, 5.41) is 0. The predicted octanol–water partition coefficient (Wildman–Crippen LogP) is 3.68. The molecule has 1 heteroatoms. The maximum Gasteiger partial charge on any atom is 0.136 e. The van der Waals surface area contributed by atoms with Crippen LogP contribution in [-0.2, 0) is 10.2 Å². The van der Waals surface area contributed by atoms with Crippen LogP contribution in [0.15, 0.2) is 24.3 Å². The third-order valence-corrected chi connectivity index (χ3v) is 3.74. The summed E-state index contributed by atoms with van der Waals surface area (Å²) in [6, 6.07) is 8.78. The summed E-state index contributed by atoms with van der Waals surface area (Å²) in [5.74, 6) is 1.09. The number of carbonyl (C=O) groups is 1. The molecule has 2 atom stereocenters. The Kier molecular flexibility index (Phi) is 2.65. The second kappa shape index (κ2) is 3.73. The number of Topliss-reactive ketones (excluding diaryl/α,β-unsaturated/α-hetero) is 1. The molecule has 1 aromatic rings. The topological polar surface area (TPSA) is 17.1 Å². The van der Waals surface area contributed by atoms with Gasteiger partial charge in [-0.25, -0.2) is 0 Å². The molecule has 1 aromatic carbocycles. The molecule has 0 spiro atoms. The highest BCUT2D eigenvalue weighted by Crippen LogP contribution is 2.39. The van der Waals surface area contributed by atoms with E-state index in [0.717, 1.165) is 6.42 Å². The van der Waals surface area contributed by atoms with Gasteiger partial charge in [-0.1, -0.05) is 52.0 Å². The molecule has 0 radical (unpaired) electrons. The third-order valence-electron chi connectivity index (χ3n) is 3.74. The van der Waals surface area contributed by atoms with E-state index < -0.39 is 0 Å². The Bertz CT molecular complexity index is 394. The van der Waals surface area contributed by atoms with Gasteiger partial charge in [-0.2, -0.15) is 0 Å². The molecule has 2 unspecified atom stereocenters. The fourth-order valence-corrected chi connectivity index (χ4v) is 2.28. The molecule has 0 amide bonds. The molecule has 16 heavy (non-hydrogen) atoms. The smallest absolute Gasteiger partial charge is 0.136 e. The van der Waals surface area contributed by atoms with Crippen molar-refractivity contribution in [1.82, 2.24) is 0 Å². The van der Waals surface area contributed by atoms with Crippen LogP contribution in [0.3, 0.4) is 0 Å². The molecular weight excluding hydrogens is 196 g/mol. The molecule has 0 aromatic heterocycles. The Labute approximate surface area is 97.9 Å². The average molecular weight is 216 g/mol. The normalized spacial score (nSPS) is 25.4. The minimum Gasteiger partial charge on any atom is -0.299 e. The van der Waals surface area contributed by atoms with E-state index in [2.05, 4.69) is 45.0 Å². The van der Waals surface area contributed by atoms with Crippen LogP contribution in [-0.4, -0.2) is 5.78 Å². The zero-order valence-corrected chi connectivity index (χ0v) is 10.6. The van der Waals surface area contributed by atoms with Gasteiger partial charge in [0.2, 0.25) is 0 Å². The zero-order valence-electron chi connectivity index (χ0n) is 10.6. The molecule has 0 saturated heterocycles. The molecule has 0 N–H and O–H groups in total. The number of benzene rings is 1. The van der Waals surface area contributed by atoms with Crippen LogP contribution in [0, 0.1) is 5.92 Å². The van der Waals surface area contributed by atoms with Gasteiger partial charge in [0.1, 0.15) is 5.78 Å². The number of hydrogen-bond donors (Lipinski definition) is 0. The number of hydrogen-bond acceptors (Lipinski definition) is 1. The second-order valence-electron chi connectivity index (χ2n) is 5.94. The molecule has 1 fully saturated rings. The van der Waals surface area contributed by atoms with Crippen LogP contribution in [0.4, 0.5) is 0 Å². The van der Waals surface area contributed by atoms with E-state index in [1.165, 1.54) is 11.1 Å². The van der Waals surface area contributed by atoms with Gasteiger partial charge in [0, 0.05) is 18.3 Å². The van der Waals surface area contributed by atoms with E-state index in [1.54, 1.807) is 0 Å². The van der Waals surface area contributed by atoms with Crippen LogP contribution in [0.2, 0.25) is 0 Å². The third kappa shape index (κ3) is 1.91. The first-order chi connectivity index (χ1) is 7.39.